The first-order valence-corrected chi connectivity index (χ1v) is 8.42. The fourth-order valence-electron chi connectivity index (χ4n) is 3.27. The van der Waals surface area contributed by atoms with Crippen LogP contribution in [0.3, 0.4) is 0 Å². The summed E-state index contributed by atoms with van der Waals surface area (Å²) in [5.41, 5.74) is 0.564. The summed E-state index contributed by atoms with van der Waals surface area (Å²) in [6.07, 6.45) is 0. The van der Waals surface area contributed by atoms with Crippen LogP contribution in [-0.2, 0) is 6.61 Å². The highest BCUT2D eigenvalue weighted by atomic mass is 16.5. The number of aromatic nitrogens is 2. The molecular formula is C18H24N4O3. The van der Waals surface area contributed by atoms with Gasteiger partial charge in [0.2, 0.25) is 11.7 Å². The van der Waals surface area contributed by atoms with Crippen LogP contribution in [0.5, 0.6) is 5.75 Å². The van der Waals surface area contributed by atoms with Gasteiger partial charge in [0.05, 0.1) is 5.56 Å². The predicted molar refractivity (Wildman–Crippen MR) is 92.4 cm³/mol. The number of rotatable bonds is 5. The lowest BCUT2D eigenvalue weighted by Crippen LogP contribution is -2.35. The molecule has 1 saturated heterocycles. The lowest BCUT2D eigenvalue weighted by atomic mass is 10.1. The summed E-state index contributed by atoms with van der Waals surface area (Å²) in [5, 5.41) is 3.81. The molecule has 0 saturated carbocycles. The zero-order valence-corrected chi connectivity index (χ0v) is 15.1. The highest BCUT2D eigenvalue weighted by molar-refractivity contribution is 5.97. The van der Waals surface area contributed by atoms with Crippen molar-refractivity contribution in [3.8, 4) is 5.75 Å². The Morgan fingerprint density at radius 3 is 2.76 bits per heavy atom. The van der Waals surface area contributed by atoms with Gasteiger partial charge in [-0.2, -0.15) is 4.98 Å². The topological polar surface area (TPSA) is 71.7 Å². The van der Waals surface area contributed by atoms with Gasteiger partial charge in [0, 0.05) is 26.1 Å². The molecule has 3 rings (SSSR count). The molecule has 0 spiro atoms. The molecule has 1 aliphatic rings. The van der Waals surface area contributed by atoms with Gasteiger partial charge in [-0.3, -0.25) is 4.79 Å². The van der Waals surface area contributed by atoms with Gasteiger partial charge in [-0.05, 0) is 32.1 Å². The van der Waals surface area contributed by atoms with E-state index in [1.165, 1.54) is 0 Å². The molecule has 1 aromatic heterocycles. The Morgan fingerprint density at radius 1 is 1.36 bits per heavy atom. The lowest BCUT2D eigenvalue weighted by Gasteiger charge is -2.22. The molecule has 1 aromatic carbocycles. The molecular weight excluding hydrogens is 320 g/mol. The number of ether oxygens (including phenoxy) is 1. The molecule has 1 fully saturated rings. The highest BCUT2D eigenvalue weighted by Gasteiger charge is 2.34. The first-order chi connectivity index (χ1) is 12.0. The molecule has 0 unspecified atom stereocenters. The quantitative estimate of drug-likeness (QED) is 0.826. The van der Waals surface area contributed by atoms with Crippen LogP contribution in [0.1, 0.15) is 29.0 Å². The Morgan fingerprint density at radius 2 is 2.12 bits per heavy atom. The maximum atomic E-state index is 13.0. The number of carbonyl (C=O) groups excluding carboxylic acids is 1. The Hall–Kier alpha value is -2.41. The van der Waals surface area contributed by atoms with Crippen LogP contribution in [0.4, 0.5) is 0 Å². The molecule has 2 heterocycles. The molecule has 1 amide bonds. The largest absolute Gasteiger partial charge is 0.485 e. The van der Waals surface area contributed by atoms with Crippen molar-refractivity contribution in [3.63, 3.8) is 0 Å². The van der Waals surface area contributed by atoms with Gasteiger partial charge in [-0.15, -0.1) is 0 Å². The minimum atomic E-state index is -0.00362. The predicted octanol–water partition coefficient (Wildman–Crippen LogP) is 1.98. The van der Waals surface area contributed by atoms with Crippen molar-refractivity contribution >= 4 is 5.91 Å². The molecule has 7 heteroatoms. The molecule has 0 bridgehead atoms. The van der Waals surface area contributed by atoms with Gasteiger partial charge in [0.15, 0.2) is 6.61 Å². The first kappa shape index (κ1) is 17.4. The third-order valence-corrected chi connectivity index (χ3v) is 4.57. The van der Waals surface area contributed by atoms with Crippen molar-refractivity contribution in [2.24, 2.45) is 5.92 Å². The van der Waals surface area contributed by atoms with Crippen LogP contribution in [-0.4, -0.2) is 59.1 Å². The van der Waals surface area contributed by atoms with E-state index >= 15 is 0 Å². The van der Waals surface area contributed by atoms with E-state index in [9.17, 15) is 4.79 Å². The second kappa shape index (κ2) is 7.23. The van der Waals surface area contributed by atoms with Crippen LogP contribution in [0.2, 0.25) is 0 Å². The summed E-state index contributed by atoms with van der Waals surface area (Å²) in [5.74, 6) is 1.92. The standard InChI is InChI=1S/C18H24N4O3/c1-12-9-22(10-15(12)21(3)4)18(23)14-7-5-6-8-16(14)24-11-17-19-13(2)25-20-17/h5-8,12,15H,9-11H2,1-4H3/t12-,15-/m0/s1. The Bertz CT molecular complexity index is 743. The van der Waals surface area contributed by atoms with Gasteiger partial charge >= 0.3 is 0 Å². The van der Waals surface area contributed by atoms with Crippen molar-refractivity contribution in [2.45, 2.75) is 26.5 Å². The van der Waals surface area contributed by atoms with Crippen molar-refractivity contribution in [1.82, 2.24) is 19.9 Å². The maximum absolute atomic E-state index is 13.0. The number of aryl methyl sites for hydroxylation is 1. The van der Waals surface area contributed by atoms with E-state index in [1.54, 1.807) is 19.1 Å². The van der Waals surface area contributed by atoms with Gasteiger partial charge in [0.25, 0.3) is 5.91 Å². The van der Waals surface area contributed by atoms with E-state index in [2.05, 4.69) is 36.1 Å². The average Bonchev–Trinajstić information content (AvgIpc) is 3.18. The molecule has 0 aliphatic carbocycles. The van der Waals surface area contributed by atoms with Crippen molar-refractivity contribution in [2.75, 3.05) is 27.2 Å². The minimum absolute atomic E-state index is 0.00362. The third kappa shape index (κ3) is 3.82. The molecule has 7 nitrogen and oxygen atoms in total. The number of likely N-dealkylation sites (N-methyl/N-ethyl adjacent to an activating group) is 1. The molecule has 0 radical (unpaired) electrons. The number of hydrogen-bond donors (Lipinski definition) is 0. The van der Waals surface area contributed by atoms with E-state index in [0.29, 0.717) is 35.0 Å². The van der Waals surface area contributed by atoms with E-state index < -0.39 is 0 Å². The number of benzene rings is 1. The Kier molecular flexibility index (Phi) is 5.03. The summed E-state index contributed by atoms with van der Waals surface area (Å²) >= 11 is 0. The summed E-state index contributed by atoms with van der Waals surface area (Å²) in [7, 11) is 4.11. The smallest absolute Gasteiger partial charge is 0.257 e. The lowest BCUT2D eigenvalue weighted by molar-refractivity contribution is 0.0776. The number of para-hydroxylation sites is 1. The Labute approximate surface area is 147 Å². The number of nitrogens with zero attached hydrogens (tertiary/aromatic N) is 4. The van der Waals surface area contributed by atoms with Crippen molar-refractivity contribution in [3.05, 3.63) is 41.5 Å². The van der Waals surface area contributed by atoms with Crippen molar-refractivity contribution < 1.29 is 14.1 Å². The van der Waals surface area contributed by atoms with E-state index in [1.807, 2.05) is 17.0 Å². The van der Waals surface area contributed by atoms with Gasteiger partial charge in [-0.25, -0.2) is 0 Å². The van der Waals surface area contributed by atoms with Gasteiger partial charge in [0.1, 0.15) is 5.75 Å². The van der Waals surface area contributed by atoms with Crippen LogP contribution in [0.25, 0.3) is 0 Å². The van der Waals surface area contributed by atoms with Gasteiger partial charge in [-0.1, -0.05) is 24.2 Å². The molecule has 25 heavy (non-hydrogen) atoms. The van der Waals surface area contributed by atoms with Crippen LogP contribution in [0.15, 0.2) is 28.8 Å². The number of hydrogen-bond acceptors (Lipinski definition) is 6. The summed E-state index contributed by atoms with van der Waals surface area (Å²) in [6.45, 7) is 5.55. The van der Waals surface area contributed by atoms with Crippen LogP contribution < -0.4 is 4.74 Å². The third-order valence-electron chi connectivity index (χ3n) is 4.57. The van der Waals surface area contributed by atoms with E-state index in [-0.39, 0.29) is 12.5 Å². The van der Waals surface area contributed by atoms with Crippen molar-refractivity contribution in [1.29, 1.82) is 0 Å². The molecule has 134 valence electrons. The number of carbonyl (C=O) groups is 1. The second-order valence-corrected chi connectivity index (χ2v) is 6.73. The summed E-state index contributed by atoms with van der Waals surface area (Å²) < 4.78 is 10.7. The second-order valence-electron chi connectivity index (χ2n) is 6.73. The molecule has 0 N–H and O–H groups in total. The Balaban J connectivity index is 1.73. The number of amides is 1. The summed E-state index contributed by atoms with van der Waals surface area (Å²) in [6, 6.07) is 7.67. The first-order valence-electron chi connectivity index (χ1n) is 8.42. The average molecular weight is 344 g/mol. The van der Waals surface area contributed by atoms with Crippen LogP contribution in [0, 0.1) is 12.8 Å². The fraction of sp³-hybridized carbons (Fsp3) is 0.500. The molecule has 2 aromatic rings. The maximum Gasteiger partial charge on any atom is 0.257 e. The molecule has 2 atom stereocenters. The fourth-order valence-corrected chi connectivity index (χ4v) is 3.27. The monoisotopic (exact) mass is 344 g/mol. The molecule has 1 aliphatic heterocycles. The van der Waals surface area contributed by atoms with Crippen LogP contribution >= 0.6 is 0 Å². The zero-order valence-electron chi connectivity index (χ0n) is 15.1. The SMILES string of the molecule is Cc1nc(COc2ccccc2C(=O)N2C[C@H](C)[C@@H](N(C)C)C2)no1. The number of likely N-dealkylation sites (tertiary alicyclic amines) is 1. The van der Waals surface area contributed by atoms with E-state index in [4.69, 9.17) is 9.26 Å². The van der Waals surface area contributed by atoms with E-state index in [0.717, 1.165) is 13.1 Å². The van der Waals surface area contributed by atoms with Gasteiger partial charge < -0.3 is 19.1 Å². The zero-order chi connectivity index (χ0) is 18.0. The highest BCUT2D eigenvalue weighted by Crippen LogP contribution is 2.26. The normalized spacial score (nSPS) is 20.3. The minimum Gasteiger partial charge on any atom is -0.485 e. The summed E-state index contributed by atoms with van der Waals surface area (Å²) in [4.78, 5) is 21.2.